The van der Waals surface area contributed by atoms with Crippen molar-refractivity contribution < 1.29 is 9.90 Å². The summed E-state index contributed by atoms with van der Waals surface area (Å²) in [4.78, 5) is 14.8. The van der Waals surface area contributed by atoms with Gasteiger partial charge in [-0.25, -0.2) is 0 Å². The van der Waals surface area contributed by atoms with Crippen LogP contribution in [0.1, 0.15) is 78.1 Å². The van der Waals surface area contributed by atoms with Gasteiger partial charge in [-0.15, -0.1) is 0 Å². The molecule has 0 spiro atoms. The molecular formula is C28H37N3O2. The van der Waals surface area contributed by atoms with Gasteiger partial charge in [0, 0.05) is 18.3 Å². The lowest BCUT2D eigenvalue weighted by Gasteiger charge is -2.58. The Kier molecular flexibility index (Phi) is 4.93. The van der Waals surface area contributed by atoms with Crippen molar-refractivity contribution in [2.24, 2.45) is 40.4 Å². The monoisotopic (exact) mass is 447 g/mol. The van der Waals surface area contributed by atoms with Crippen LogP contribution in [0.5, 0.6) is 0 Å². The molecule has 0 saturated heterocycles. The second kappa shape index (κ2) is 7.54. The maximum atomic E-state index is 13.3. The van der Waals surface area contributed by atoms with Crippen LogP contribution in [-0.4, -0.2) is 31.5 Å². The molecule has 1 aromatic rings. The summed E-state index contributed by atoms with van der Waals surface area (Å²) < 4.78 is 0. The molecule has 7 atom stereocenters. The van der Waals surface area contributed by atoms with Gasteiger partial charge in [-0.05, 0) is 86.4 Å². The number of allylic oxidation sites excluding steroid dienone is 1. The molecule has 5 aliphatic carbocycles. The molecule has 1 heterocycles. The average Bonchev–Trinajstić information content (AvgIpc) is 3.35. The highest BCUT2D eigenvalue weighted by Gasteiger charge is 2.60. The SMILES string of the molecule is CC12CC[C@](O)(C#CC3CC3)CC1=CCC1[C@@H]2CC[C@]2(C)[C@@H](C(=O)Cn3nccn3)CC[C@@H]12. The summed E-state index contributed by atoms with van der Waals surface area (Å²) in [5.41, 5.74) is 0.911. The highest BCUT2D eigenvalue weighted by molar-refractivity contribution is 5.82. The van der Waals surface area contributed by atoms with Gasteiger partial charge >= 0.3 is 0 Å². The summed E-state index contributed by atoms with van der Waals surface area (Å²) >= 11 is 0. The molecule has 4 fully saturated rings. The molecule has 4 saturated carbocycles. The molecule has 6 rings (SSSR count). The van der Waals surface area contributed by atoms with Crippen LogP contribution < -0.4 is 0 Å². The van der Waals surface area contributed by atoms with Crippen molar-refractivity contribution in [3.8, 4) is 11.8 Å². The van der Waals surface area contributed by atoms with E-state index in [-0.39, 0.29) is 16.7 Å². The van der Waals surface area contributed by atoms with E-state index in [1.54, 1.807) is 12.4 Å². The van der Waals surface area contributed by atoms with Crippen LogP contribution in [0.4, 0.5) is 0 Å². The number of aliphatic hydroxyl groups is 1. The van der Waals surface area contributed by atoms with Crippen molar-refractivity contribution >= 4 is 5.78 Å². The fourth-order valence-corrected chi connectivity index (χ4v) is 8.32. The lowest BCUT2D eigenvalue weighted by atomic mass is 9.46. The maximum absolute atomic E-state index is 13.3. The minimum absolute atomic E-state index is 0.0955. The minimum atomic E-state index is -0.824. The fourth-order valence-electron chi connectivity index (χ4n) is 8.32. The number of hydrogen-bond acceptors (Lipinski definition) is 4. The number of fused-ring (bicyclic) bond motifs is 5. The minimum Gasteiger partial charge on any atom is -0.377 e. The van der Waals surface area contributed by atoms with Crippen molar-refractivity contribution in [1.29, 1.82) is 0 Å². The number of rotatable bonds is 3. The lowest BCUT2D eigenvalue weighted by molar-refractivity contribution is -0.130. The van der Waals surface area contributed by atoms with Crippen LogP contribution in [-0.2, 0) is 11.3 Å². The molecular weight excluding hydrogens is 410 g/mol. The first kappa shape index (κ1) is 21.6. The van der Waals surface area contributed by atoms with Crippen molar-refractivity contribution in [3.63, 3.8) is 0 Å². The van der Waals surface area contributed by atoms with E-state index in [1.165, 1.54) is 29.6 Å². The summed E-state index contributed by atoms with van der Waals surface area (Å²) in [6, 6.07) is 0. The van der Waals surface area contributed by atoms with Gasteiger partial charge in [0.25, 0.3) is 0 Å². The van der Waals surface area contributed by atoms with Crippen LogP contribution in [0.3, 0.4) is 0 Å². The van der Waals surface area contributed by atoms with Crippen molar-refractivity contribution in [1.82, 2.24) is 15.0 Å². The highest BCUT2D eigenvalue weighted by atomic mass is 16.3. The predicted octanol–water partition coefficient (Wildman–Crippen LogP) is 4.57. The quantitative estimate of drug-likeness (QED) is 0.544. The molecule has 5 aliphatic rings. The van der Waals surface area contributed by atoms with E-state index < -0.39 is 5.60 Å². The molecule has 33 heavy (non-hydrogen) atoms. The molecule has 0 bridgehead atoms. The van der Waals surface area contributed by atoms with Gasteiger partial charge in [0.2, 0.25) is 0 Å². The predicted molar refractivity (Wildman–Crippen MR) is 126 cm³/mol. The molecule has 0 aliphatic heterocycles. The molecule has 0 radical (unpaired) electrons. The maximum Gasteiger partial charge on any atom is 0.159 e. The van der Waals surface area contributed by atoms with Gasteiger partial charge in [-0.2, -0.15) is 15.0 Å². The number of hydrogen-bond donors (Lipinski definition) is 1. The molecule has 1 aromatic heterocycles. The largest absolute Gasteiger partial charge is 0.377 e. The van der Waals surface area contributed by atoms with Gasteiger partial charge in [0.05, 0.1) is 12.4 Å². The topological polar surface area (TPSA) is 68.0 Å². The normalized spacial score (nSPS) is 44.0. The Morgan fingerprint density at radius 2 is 1.88 bits per heavy atom. The van der Waals surface area contributed by atoms with Crippen LogP contribution >= 0.6 is 0 Å². The summed E-state index contributed by atoms with van der Waals surface area (Å²) in [6.07, 6.45) is 16.3. The number of Topliss-reactive ketones (excluding diaryl/α,β-unsaturated/α-hetero) is 1. The highest BCUT2D eigenvalue weighted by Crippen LogP contribution is 2.66. The molecule has 176 valence electrons. The van der Waals surface area contributed by atoms with E-state index in [9.17, 15) is 9.90 Å². The van der Waals surface area contributed by atoms with Gasteiger partial charge in [-0.3, -0.25) is 4.79 Å². The van der Waals surface area contributed by atoms with E-state index in [1.807, 2.05) is 0 Å². The fraction of sp³-hybridized carbons (Fsp3) is 0.750. The van der Waals surface area contributed by atoms with Gasteiger partial charge in [0.1, 0.15) is 12.1 Å². The number of carbonyl (C=O) groups is 1. The van der Waals surface area contributed by atoms with Crippen LogP contribution in [0.2, 0.25) is 0 Å². The molecule has 1 N–H and O–H groups in total. The van der Waals surface area contributed by atoms with Gasteiger partial charge < -0.3 is 5.11 Å². The van der Waals surface area contributed by atoms with Crippen molar-refractivity contribution in [2.45, 2.75) is 90.2 Å². The zero-order valence-corrected chi connectivity index (χ0v) is 20.1. The first-order valence-electron chi connectivity index (χ1n) is 13.1. The summed E-state index contributed by atoms with van der Waals surface area (Å²) in [5, 5.41) is 19.5. The second-order valence-electron chi connectivity index (χ2n) is 12.2. The van der Waals surface area contributed by atoms with E-state index in [0.29, 0.717) is 36.0 Å². The van der Waals surface area contributed by atoms with E-state index in [2.05, 4.69) is 42.0 Å². The number of ketones is 1. The van der Waals surface area contributed by atoms with Crippen LogP contribution in [0, 0.1) is 52.3 Å². The Hall–Kier alpha value is -1.93. The third-order valence-corrected chi connectivity index (χ3v) is 10.4. The zero-order chi connectivity index (χ0) is 22.8. The van der Waals surface area contributed by atoms with Crippen LogP contribution in [0.25, 0.3) is 0 Å². The summed E-state index contributed by atoms with van der Waals surface area (Å²) in [6.45, 7) is 5.16. The Morgan fingerprint density at radius 1 is 1.09 bits per heavy atom. The Bertz CT molecular complexity index is 1030. The Labute approximate surface area is 197 Å². The molecule has 5 heteroatoms. The zero-order valence-electron chi connectivity index (χ0n) is 20.1. The van der Waals surface area contributed by atoms with E-state index in [0.717, 1.165) is 44.9 Å². The number of nitrogens with zero attached hydrogens (tertiary/aromatic N) is 3. The summed E-state index contributed by atoms with van der Waals surface area (Å²) in [5.74, 6) is 9.50. The average molecular weight is 448 g/mol. The second-order valence-corrected chi connectivity index (χ2v) is 12.2. The first-order chi connectivity index (χ1) is 15.8. The Morgan fingerprint density at radius 3 is 2.64 bits per heavy atom. The number of carbonyl (C=O) groups excluding carboxylic acids is 1. The standard InChI is InChI=1S/C28H37N3O2/c1-26-13-14-28(33,12-9-19-3-4-19)17-20(26)5-6-21-22-7-8-24(27(22,2)11-10-23(21)26)25(32)18-31-29-15-16-30-31/h5,15-16,19,21-24,33H,3-4,6-8,10-11,13-14,17-18H2,1-2H3/t21?,22-,23-,24+,26?,27-,28+/m0/s1. The molecule has 5 nitrogen and oxygen atoms in total. The van der Waals surface area contributed by atoms with E-state index >= 15 is 0 Å². The lowest BCUT2D eigenvalue weighted by Crippen LogP contribution is -2.52. The smallest absolute Gasteiger partial charge is 0.159 e. The molecule has 0 amide bonds. The number of aromatic nitrogens is 3. The summed E-state index contributed by atoms with van der Waals surface area (Å²) in [7, 11) is 0. The van der Waals surface area contributed by atoms with Crippen LogP contribution in [0.15, 0.2) is 24.0 Å². The first-order valence-corrected chi connectivity index (χ1v) is 13.1. The third-order valence-electron chi connectivity index (χ3n) is 10.4. The third kappa shape index (κ3) is 3.52. The van der Waals surface area contributed by atoms with Crippen molar-refractivity contribution in [2.75, 3.05) is 0 Å². The van der Waals surface area contributed by atoms with E-state index in [4.69, 9.17) is 0 Å². The Balaban J connectivity index is 1.22. The molecule has 0 aromatic carbocycles. The van der Waals surface area contributed by atoms with Crippen molar-refractivity contribution in [3.05, 3.63) is 24.0 Å². The van der Waals surface area contributed by atoms with Gasteiger partial charge in [0.15, 0.2) is 5.78 Å². The molecule has 2 unspecified atom stereocenters. The van der Waals surface area contributed by atoms with Gasteiger partial charge in [-0.1, -0.05) is 37.3 Å².